The van der Waals surface area contributed by atoms with Crippen molar-refractivity contribution in [2.45, 2.75) is 39.3 Å². The van der Waals surface area contributed by atoms with Gasteiger partial charge in [-0.1, -0.05) is 38.1 Å². The Morgan fingerprint density at radius 1 is 1.26 bits per heavy atom. The van der Waals surface area contributed by atoms with Gasteiger partial charge < -0.3 is 16.2 Å². The summed E-state index contributed by atoms with van der Waals surface area (Å²) in [5.74, 6) is -0.190. The largest absolute Gasteiger partial charge is 0.481 e. The molecule has 0 saturated carbocycles. The first kappa shape index (κ1) is 15.7. The first-order valence-electron chi connectivity index (χ1n) is 6.73. The van der Waals surface area contributed by atoms with Crippen LogP contribution in [0.15, 0.2) is 24.3 Å². The van der Waals surface area contributed by atoms with Gasteiger partial charge in [-0.25, -0.2) is 0 Å². The van der Waals surface area contributed by atoms with Crippen molar-refractivity contribution in [1.82, 2.24) is 5.32 Å². The number of carbonyl (C=O) groups is 1. The van der Waals surface area contributed by atoms with Crippen LogP contribution in [-0.4, -0.2) is 23.7 Å². The van der Waals surface area contributed by atoms with E-state index in [9.17, 15) is 4.79 Å². The lowest BCUT2D eigenvalue weighted by Crippen LogP contribution is -2.35. The number of aliphatic carboxylic acids is 1. The fourth-order valence-electron chi connectivity index (χ4n) is 1.96. The van der Waals surface area contributed by atoms with E-state index in [1.165, 1.54) is 11.1 Å². The first-order valence-corrected chi connectivity index (χ1v) is 6.73. The van der Waals surface area contributed by atoms with E-state index in [0.29, 0.717) is 12.5 Å². The first-order chi connectivity index (χ1) is 8.97. The van der Waals surface area contributed by atoms with Crippen molar-refractivity contribution >= 4 is 5.97 Å². The quantitative estimate of drug-likeness (QED) is 0.669. The molecule has 1 aromatic carbocycles. The molecule has 1 atom stereocenters. The third-order valence-electron chi connectivity index (χ3n) is 2.84. The molecule has 0 bridgehead atoms. The number of carboxylic acid groups (broad SMARTS) is 1. The summed E-state index contributed by atoms with van der Waals surface area (Å²) in [5.41, 5.74) is 8.21. The normalized spacial score (nSPS) is 12.6. The summed E-state index contributed by atoms with van der Waals surface area (Å²) in [6.07, 6.45) is 1.09. The maximum atomic E-state index is 10.5. The highest BCUT2D eigenvalue weighted by Crippen LogP contribution is 2.09. The average Bonchev–Trinajstić information content (AvgIpc) is 2.29. The fraction of sp³-hybridized carbons (Fsp3) is 0.533. The van der Waals surface area contributed by atoms with Gasteiger partial charge in [-0.15, -0.1) is 0 Å². The third kappa shape index (κ3) is 6.94. The maximum absolute atomic E-state index is 10.5. The van der Waals surface area contributed by atoms with Crippen molar-refractivity contribution in [2.24, 2.45) is 11.7 Å². The molecule has 0 aliphatic rings. The van der Waals surface area contributed by atoms with Crippen LogP contribution in [0.2, 0.25) is 0 Å². The lowest BCUT2D eigenvalue weighted by atomic mass is 10.0. The lowest BCUT2D eigenvalue weighted by Gasteiger charge is -2.11. The monoisotopic (exact) mass is 264 g/mol. The molecular formula is C15H24N2O2. The van der Waals surface area contributed by atoms with E-state index >= 15 is 0 Å². The lowest BCUT2D eigenvalue weighted by molar-refractivity contribution is -0.137. The van der Waals surface area contributed by atoms with Crippen molar-refractivity contribution < 1.29 is 9.90 Å². The second kappa shape index (κ2) is 7.92. The molecule has 0 fully saturated rings. The van der Waals surface area contributed by atoms with E-state index in [4.69, 9.17) is 10.8 Å². The van der Waals surface area contributed by atoms with Crippen LogP contribution in [0, 0.1) is 5.92 Å². The summed E-state index contributed by atoms with van der Waals surface area (Å²) in [7, 11) is 0. The number of carboxylic acids is 1. The zero-order valence-corrected chi connectivity index (χ0v) is 11.7. The molecule has 0 heterocycles. The van der Waals surface area contributed by atoms with Crippen molar-refractivity contribution in [3.63, 3.8) is 0 Å². The van der Waals surface area contributed by atoms with Gasteiger partial charge in [0.05, 0.1) is 6.42 Å². The summed E-state index contributed by atoms with van der Waals surface area (Å²) in [4.78, 5) is 10.5. The van der Waals surface area contributed by atoms with Gasteiger partial charge in [-0.2, -0.15) is 0 Å². The SMILES string of the molecule is CC(C)Cc1ccc(CNCC(N)CC(=O)O)cc1. The maximum Gasteiger partial charge on any atom is 0.304 e. The molecule has 106 valence electrons. The van der Waals surface area contributed by atoms with Gasteiger partial charge in [0.1, 0.15) is 0 Å². The summed E-state index contributed by atoms with van der Waals surface area (Å²) in [6, 6.07) is 8.17. The molecule has 0 amide bonds. The van der Waals surface area contributed by atoms with Crippen LogP contribution in [0.3, 0.4) is 0 Å². The molecule has 0 aliphatic heterocycles. The number of hydrogen-bond acceptors (Lipinski definition) is 3. The average molecular weight is 264 g/mol. The molecule has 19 heavy (non-hydrogen) atoms. The highest BCUT2D eigenvalue weighted by molar-refractivity contribution is 5.67. The minimum absolute atomic E-state index is 0.000324. The van der Waals surface area contributed by atoms with Crippen LogP contribution in [-0.2, 0) is 17.8 Å². The van der Waals surface area contributed by atoms with Crippen LogP contribution in [0.1, 0.15) is 31.4 Å². The predicted octanol–water partition coefficient (Wildman–Crippen LogP) is 1.78. The Kier molecular flexibility index (Phi) is 6.53. The zero-order valence-electron chi connectivity index (χ0n) is 11.7. The second-order valence-corrected chi connectivity index (χ2v) is 5.40. The minimum Gasteiger partial charge on any atom is -0.481 e. The Morgan fingerprint density at radius 2 is 1.84 bits per heavy atom. The molecule has 1 aromatic rings. The molecule has 0 aliphatic carbocycles. The smallest absolute Gasteiger partial charge is 0.304 e. The minimum atomic E-state index is -0.854. The van der Waals surface area contributed by atoms with Crippen LogP contribution < -0.4 is 11.1 Å². The molecule has 0 aromatic heterocycles. The van der Waals surface area contributed by atoms with Crippen molar-refractivity contribution in [1.29, 1.82) is 0 Å². The van der Waals surface area contributed by atoms with Gasteiger partial charge >= 0.3 is 5.97 Å². The van der Waals surface area contributed by atoms with Gasteiger partial charge in [0.25, 0.3) is 0 Å². The summed E-state index contributed by atoms with van der Waals surface area (Å²) >= 11 is 0. The molecule has 1 rings (SSSR count). The van der Waals surface area contributed by atoms with E-state index in [1.807, 2.05) is 0 Å². The highest BCUT2D eigenvalue weighted by atomic mass is 16.4. The van der Waals surface area contributed by atoms with Crippen molar-refractivity contribution in [2.75, 3.05) is 6.54 Å². The van der Waals surface area contributed by atoms with Gasteiger partial charge in [0.15, 0.2) is 0 Å². The van der Waals surface area contributed by atoms with Crippen LogP contribution in [0.25, 0.3) is 0 Å². The predicted molar refractivity (Wildman–Crippen MR) is 76.9 cm³/mol. The summed E-state index contributed by atoms with van der Waals surface area (Å²) < 4.78 is 0. The van der Waals surface area contributed by atoms with E-state index < -0.39 is 5.97 Å². The molecule has 4 nitrogen and oxygen atoms in total. The van der Waals surface area contributed by atoms with Crippen molar-refractivity contribution in [3.05, 3.63) is 35.4 Å². The molecule has 0 saturated heterocycles. The van der Waals surface area contributed by atoms with E-state index in [-0.39, 0.29) is 12.5 Å². The molecular weight excluding hydrogens is 240 g/mol. The number of nitrogens with one attached hydrogen (secondary N) is 1. The Bertz CT molecular complexity index is 388. The van der Waals surface area contributed by atoms with Crippen LogP contribution in [0.4, 0.5) is 0 Å². The molecule has 4 N–H and O–H groups in total. The molecule has 0 radical (unpaired) electrons. The summed E-state index contributed by atoms with van der Waals surface area (Å²) in [6.45, 7) is 5.65. The molecule has 1 unspecified atom stereocenters. The van der Waals surface area contributed by atoms with Gasteiger partial charge in [-0.3, -0.25) is 4.79 Å². The Morgan fingerprint density at radius 3 is 2.37 bits per heavy atom. The fourth-order valence-corrected chi connectivity index (χ4v) is 1.96. The van der Waals surface area contributed by atoms with Crippen molar-refractivity contribution in [3.8, 4) is 0 Å². The van der Waals surface area contributed by atoms with E-state index in [0.717, 1.165) is 13.0 Å². The number of nitrogens with two attached hydrogens (primary N) is 1. The van der Waals surface area contributed by atoms with E-state index in [1.54, 1.807) is 0 Å². The zero-order chi connectivity index (χ0) is 14.3. The molecule has 4 heteroatoms. The highest BCUT2D eigenvalue weighted by Gasteiger charge is 2.07. The van der Waals surface area contributed by atoms with Crippen LogP contribution >= 0.6 is 0 Å². The third-order valence-corrected chi connectivity index (χ3v) is 2.84. The topological polar surface area (TPSA) is 75.3 Å². The Labute approximate surface area is 115 Å². The van der Waals surface area contributed by atoms with Gasteiger partial charge in [-0.05, 0) is 23.5 Å². The summed E-state index contributed by atoms with van der Waals surface area (Å²) in [5, 5.41) is 11.8. The second-order valence-electron chi connectivity index (χ2n) is 5.40. The standard InChI is InChI=1S/C15H24N2O2/c1-11(2)7-12-3-5-13(6-4-12)9-17-10-14(16)8-15(18)19/h3-6,11,14,17H,7-10,16H2,1-2H3,(H,18,19). The number of rotatable bonds is 8. The Hall–Kier alpha value is -1.39. The van der Waals surface area contributed by atoms with Gasteiger partial charge in [0.2, 0.25) is 0 Å². The van der Waals surface area contributed by atoms with Crippen LogP contribution in [0.5, 0.6) is 0 Å². The Balaban J connectivity index is 2.31. The molecule has 0 spiro atoms. The number of hydrogen-bond donors (Lipinski definition) is 3. The number of benzene rings is 1. The van der Waals surface area contributed by atoms with Gasteiger partial charge in [0, 0.05) is 19.1 Å². The van der Waals surface area contributed by atoms with E-state index in [2.05, 4.69) is 43.4 Å².